The molecule has 0 fully saturated rings. The summed E-state index contributed by atoms with van der Waals surface area (Å²) in [6.07, 6.45) is 1.81. The van der Waals surface area contributed by atoms with E-state index < -0.39 is 12.2 Å². The molecule has 0 heterocycles. The van der Waals surface area contributed by atoms with Crippen molar-refractivity contribution in [1.29, 1.82) is 0 Å². The van der Waals surface area contributed by atoms with E-state index in [1.165, 1.54) is 0 Å². The number of aliphatic hydroxyl groups is 2. The average molecular weight is 293 g/mol. The maximum Gasteiger partial charge on any atom is 0.0897 e. The van der Waals surface area contributed by atoms with Gasteiger partial charge in [0.15, 0.2) is 0 Å². The van der Waals surface area contributed by atoms with Crippen molar-refractivity contribution in [1.82, 2.24) is 5.32 Å². The molecule has 0 radical (unpaired) electrons. The lowest BCUT2D eigenvalue weighted by Gasteiger charge is -2.14. The van der Waals surface area contributed by atoms with Crippen LogP contribution in [0, 0.1) is 0 Å². The molecule has 0 aliphatic rings. The largest absolute Gasteiger partial charge is 0.391 e. The number of nitrogens with one attached hydrogen (secondary N) is 1. The maximum absolute atomic E-state index is 9.64. The van der Waals surface area contributed by atoms with E-state index in [1.807, 2.05) is 0 Å². The van der Waals surface area contributed by atoms with Crippen molar-refractivity contribution in [3.8, 4) is 0 Å². The lowest BCUT2D eigenvalue weighted by atomic mass is 10.2. The van der Waals surface area contributed by atoms with Crippen molar-refractivity contribution in [2.75, 3.05) is 53.2 Å². The zero-order valence-electron chi connectivity index (χ0n) is 12.8. The molecule has 6 nitrogen and oxygen atoms in total. The Bertz CT molecular complexity index is 194. The van der Waals surface area contributed by atoms with Crippen LogP contribution >= 0.6 is 0 Å². The molecule has 0 aromatic heterocycles. The van der Waals surface area contributed by atoms with Crippen LogP contribution < -0.4 is 5.32 Å². The highest BCUT2D eigenvalue weighted by Gasteiger charge is 2.05. The maximum atomic E-state index is 9.64. The summed E-state index contributed by atoms with van der Waals surface area (Å²) in [5.74, 6) is 0. The first kappa shape index (κ1) is 19.8. The van der Waals surface area contributed by atoms with Gasteiger partial charge in [0.2, 0.25) is 0 Å². The molecule has 0 aromatic rings. The van der Waals surface area contributed by atoms with Gasteiger partial charge in [-0.1, -0.05) is 13.3 Å². The van der Waals surface area contributed by atoms with Crippen molar-refractivity contribution < 1.29 is 24.4 Å². The summed E-state index contributed by atoms with van der Waals surface area (Å²) < 4.78 is 15.5. The molecule has 0 saturated heterocycles. The molecule has 0 bridgehead atoms. The third kappa shape index (κ3) is 14.2. The van der Waals surface area contributed by atoms with E-state index in [-0.39, 0.29) is 0 Å². The van der Waals surface area contributed by atoms with Gasteiger partial charge in [-0.05, 0) is 19.4 Å². The monoisotopic (exact) mass is 293 g/mol. The Balaban J connectivity index is 3.22. The normalized spacial score (nSPS) is 14.4. The minimum absolute atomic E-state index is 0.296. The van der Waals surface area contributed by atoms with E-state index in [0.717, 1.165) is 19.4 Å². The molecule has 20 heavy (non-hydrogen) atoms. The smallest absolute Gasteiger partial charge is 0.0897 e. The molecule has 0 rings (SSSR count). The van der Waals surface area contributed by atoms with Gasteiger partial charge in [-0.2, -0.15) is 0 Å². The van der Waals surface area contributed by atoms with Gasteiger partial charge >= 0.3 is 0 Å². The fourth-order valence-corrected chi connectivity index (χ4v) is 1.56. The highest BCUT2D eigenvalue weighted by atomic mass is 16.5. The standard InChI is InChI=1S/C14H31NO5/c1-3-4-7-19-8-9-20-12-14(17)10-15-6-5-13(16)11-18-2/h13-17H,3-12H2,1-2H3. The lowest BCUT2D eigenvalue weighted by Crippen LogP contribution is -2.33. The molecule has 0 saturated carbocycles. The second-order valence-corrected chi connectivity index (χ2v) is 4.80. The Morgan fingerprint density at radius 2 is 1.75 bits per heavy atom. The minimum atomic E-state index is -0.537. The van der Waals surface area contributed by atoms with Crippen LogP contribution in [0.2, 0.25) is 0 Å². The van der Waals surface area contributed by atoms with Crippen LogP contribution in [0.3, 0.4) is 0 Å². The Hall–Kier alpha value is -0.240. The third-order valence-electron chi connectivity index (χ3n) is 2.72. The number of unbranched alkanes of at least 4 members (excludes halogenated alkanes) is 1. The Labute approximate surface area is 122 Å². The van der Waals surface area contributed by atoms with Crippen LogP contribution in [-0.2, 0) is 14.2 Å². The molecule has 0 spiro atoms. The zero-order valence-corrected chi connectivity index (χ0v) is 12.8. The SMILES string of the molecule is CCCCOCCOCC(O)CNCCC(O)COC. The van der Waals surface area contributed by atoms with Gasteiger partial charge in [0.05, 0.1) is 38.6 Å². The van der Waals surface area contributed by atoms with Crippen LogP contribution in [-0.4, -0.2) is 75.7 Å². The molecule has 0 aliphatic carbocycles. The lowest BCUT2D eigenvalue weighted by molar-refractivity contribution is 0.00344. The molecular formula is C14H31NO5. The topological polar surface area (TPSA) is 80.2 Å². The van der Waals surface area contributed by atoms with Crippen molar-refractivity contribution in [3.05, 3.63) is 0 Å². The highest BCUT2D eigenvalue weighted by Crippen LogP contribution is 1.91. The van der Waals surface area contributed by atoms with E-state index in [9.17, 15) is 10.2 Å². The molecule has 0 amide bonds. The van der Waals surface area contributed by atoms with Crippen molar-refractivity contribution in [2.24, 2.45) is 0 Å². The van der Waals surface area contributed by atoms with E-state index >= 15 is 0 Å². The van der Waals surface area contributed by atoms with Crippen molar-refractivity contribution in [3.63, 3.8) is 0 Å². The van der Waals surface area contributed by atoms with Gasteiger partial charge in [0.25, 0.3) is 0 Å². The number of aliphatic hydroxyl groups excluding tert-OH is 2. The van der Waals surface area contributed by atoms with E-state index in [0.29, 0.717) is 45.9 Å². The fraction of sp³-hybridized carbons (Fsp3) is 1.00. The Morgan fingerprint density at radius 1 is 1.00 bits per heavy atom. The van der Waals surface area contributed by atoms with Crippen LogP contribution in [0.25, 0.3) is 0 Å². The molecule has 0 aliphatic heterocycles. The number of ether oxygens (including phenoxy) is 3. The molecule has 6 heteroatoms. The predicted molar refractivity (Wildman–Crippen MR) is 77.9 cm³/mol. The van der Waals surface area contributed by atoms with Gasteiger partial charge in [0.1, 0.15) is 0 Å². The molecule has 2 unspecified atom stereocenters. The first-order valence-corrected chi connectivity index (χ1v) is 7.42. The van der Waals surface area contributed by atoms with E-state index in [2.05, 4.69) is 12.2 Å². The van der Waals surface area contributed by atoms with Gasteiger partial charge in [0, 0.05) is 20.3 Å². The average Bonchev–Trinajstić information content (AvgIpc) is 2.43. The second kappa shape index (κ2) is 15.2. The van der Waals surface area contributed by atoms with Crippen LogP contribution in [0.5, 0.6) is 0 Å². The number of methoxy groups -OCH3 is 1. The summed E-state index contributed by atoms with van der Waals surface area (Å²) >= 11 is 0. The summed E-state index contributed by atoms with van der Waals surface area (Å²) in [4.78, 5) is 0. The fourth-order valence-electron chi connectivity index (χ4n) is 1.56. The van der Waals surface area contributed by atoms with Gasteiger partial charge in [-0.15, -0.1) is 0 Å². The highest BCUT2D eigenvalue weighted by molar-refractivity contribution is 4.61. The quantitative estimate of drug-likeness (QED) is 0.373. The Kier molecular flexibility index (Phi) is 15.0. The van der Waals surface area contributed by atoms with E-state index in [1.54, 1.807) is 7.11 Å². The van der Waals surface area contributed by atoms with Crippen LogP contribution in [0.15, 0.2) is 0 Å². The predicted octanol–water partition coefficient (Wildman–Crippen LogP) is 0.168. The molecule has 0 aromatic carbocycles. The molecule has 3 N–H and O–H groups in total. The van der Waals surface area contributed by atoms with Gasteiger partial charge in [-0.25, -0.2) is 0 Å². The van der Waals surface area contributed by atoms with Gasteiger partial charge < -0.3 is 29.7 Å². The first-order valence-electron chi connectivity index (χ1n) is 7.42. The third-order valence-corrected chi connectivity index (χ3v) is 2.72. The molecular weight excluding hydrogens is 262 g/mol. The number of rotatable bonds is 15. The van der Waals surface area contributed by atoms with Gasteiger partial charge in [-0.3, -0.25) is 0 Å². The van der Waals surface area contributed by atoms with Crippen LogP contribution in [0.4, 0.5) is 0 Å². The first-order chi connectivity index (χ1) is 9.70. The minimum Gasteiger partial charge on any atom is -0.391 e. The summed E-state index contributed by atoms with van der Waals surface area (Å²) in [6.45, 7) is 5.70. The number of hydrogen-bond acceptors (Lipinski definition) is 6. The summed E-state index contributed by atoms with van der Waals surface area (Å²) in [5, 5.41) is 22.1. The second-order valence-electron chi connectivity index (χ2n) is 4.80. The molecule has 2 atom stereocenters. The van der Waals surface area contributed by atoms with Crippen molar-refractivity contribution >= 4 is 0 Å². The zero-order chi connectivity index (χ0) is 15.1. The van der Waals surface area contributed by atoms with Crippen LogP contribution in [0.1, 0.15) is 26.2 Å². The number of hydrogen-bond donors (Lipinski definition) is 3. The van der Waals surface area contributed by atoms with Crippen molar-refractivity contribution in [2.45, 2.75) is 38.4 Å². The Morgan fingerprint density at radius 3 is 2.45 bits per heavy atom. The summed E-state index contributed by atoms with van der Waals surface area (Å²) in [7, 11) is 1.56. The van der Waals surface area contributed by atoms with E-state index in [4.69, 9.17) is 14.2 Å². The summed E-state index contributed by atoms with van der Waals surface area (Å²) in [6, 6.07) is 0. The summed E-state index contributed by atoms with van der Waals surface area (Å²) in [5.41, 5.74) is 0. The molecule has 122 valence electrons.